The van der Waals surface area contributed by atoms with Crippen molar-refractivity contribution in [2.75, 3.05) is 0 Å². The van der Waals surface area contributed by atoms with Crippen molar-refractivity contribution in [3.8, 4) is 0 Å². The largest absolute Gasteiger partial charge is 0.388 e. The van der Waals surface area contributed by atoms with Crippen molar-refractivity contribution < 1.29 is 5.11 Å². The van der Waals surface area contributed by atoms with E-state index in [9.17, 15) is 5.11 Å². The van der Waals surface area contributed by atoms with Crippen LogP contribution in [-0.4, -0.2) is 10.1 Å². The van der Waals surface area contributed by atoms with Crippen molar-refractivity contribution in [1.82, 2.24) is 4.98 Å². The van der Waals surface area contributed by atoms with Crippen molar-refractivity contribution in [3.05, 3.63) is 40.9 Å². The van der Waals surface area contributed by atoms with E-state index in [-0.39, 0.29) is 6.10 Å². The Kier molecular flexibility index (Phi) is 4.20. The SMILES string of the molecule is CCC(O)c1ccc(Sc2nc(C)cs2)cc1. The number of aromatic nitrogens is 1. The predicted octanol–water partition coefficient (Wildman–Crippen LogP) is 4.05. The summed E-state index contributed by atoms with van der Waals surface area (Å²) in [6.45, 7) is 3.98. The van der Waals surface area contributed by atoms with E-state index in [4.69, 9.17) is 0 Å². The molecule has 0 spiro atoms. The topological polar surface area (TPSA) is 33.1 Å². The molecule has 90 valence electrons. The van der Waals surface area contributed by atoms with Crippen molar-refractivity contribution in [2.45, 2.75) is 35.6 Å². The van der Waals surface area contributed by atoms with Gasteiger partial charge in [0.25, 0.3) is 0 Å². The van der Waals surface area contributed by atoms with Gasteiger partial charge in [-0.2, -0.15) is 0 Å². The maximum atomic E-state index is 9.70. The third-order valence-electron chi connectivity index (χ3n) is 2.45. The van der Waals surface area contributed by atoms with Gasteiger partial charge < -0.3 is 5.11 Å². The van der Waals surface area contributed by atoms with E-state index < -0.39 is 0 Å². The molecular weight excluding hydrogens is 250 g/mol. The summed E-state index contributed by atoms with van der Waals surface area (Å²) in [7, 11) is 0. The molecule has 1 atom stereocenters. The number of aliphatic hydroxyl groups is 1. The van der Waals surface area contributed by atoms with Crippen LogP contribution in [0.15, 0.2) is 38.9 Å². The van der Waals surface area contributed by atoms with Gasteiger partial charge in [-0.15, -0.1) is 11.3 Å². The highest BCUT2D eigenvalue weighted by atomic mass is 32.2. The van der Waals surface area contributed by atoms with Crippen molar-refractivity contribution in [1.29, 1.82) is 0 Å². The van der Waals surface area contributed by atoms with E-state index >= 15 is 0 Å². The molecule has 0 saturated carbocycles. The van der Waals surface area contributed by atoms with Gasteiger partial charge >= 0.3 is 0 Å². The summed E-state index contributed by atoms with van der Waals surface area (Å²) in [6, 6.07) is 8.04. The summed E-state index contributed by atoms with van der Waals surface area (Å²) in [5.41, 5.74) is 2.04. The van der Waals surface area contributed by atoms with Crippen LogP contribution in [0.3, 0.4) is 0 Å². The summed E-state index contributed by atoms with van der Waals surface area (Å²) in [6.07, 6.45) is 0.397. The lowest BCUT2D eigenvalue weighted by molar-refractivity contribution is 0.173. The molecule has 2 nitrogen and oxygen atoms in total. The second-order valence-electron chi connectivity index (χ2n) is 3.85. The normalized spacial score (nSPS) is 12.6. The van der Waals surface area contributed by atoms with Gasteiger partial charge in [0, 0.05) is 16.0 Å². The molecule has 2 aromatic rings. The molecule has 0 aliphatic heterocycles. The minimum absolute atomic E-state index is 0.351. The summed E-state index contributed by atoms with van der Waals surface area (Å²) in [5, 5.41) is 11.7. The first kappa shape index (κ1) is 12.6. The van der Waals surface area contributed by atoms with Gasteiger partial charge in [0.1, 0.15) is 0 Å². The van der Waals surface area contributed by atoms with Crippen LogP contribution in [0, 0.1) is 6.92 Å². The van der Waals surface area contributed by atoms with Crippen molar-refractivity contribution in [2.24, 2.45) is 0 Å². The number of hydrogen-bond donors (Lipinski definition) is 1. The van der Waals surface area contributed by atoms with Gasteiger partial charge in [-0.3, -0.25) is 0 Å². The lowest BCUT2D eigenvalue weighted by atomic mass is 10.1. The number of aryl methyl sites for hydroxylation is 1. The third kappa shape index (κ3) is 3.31. The van der Waals surface area contributed by atoms with E-state index in [0.717, 1.165) is 26.9 Å². The summed E-state index contributed by atoms with van der Waals surface area (Å²) >= 11 is 3.32. The van der Waals surface area contributed by atoms with Crippen LogP contribution < -0.4 is 0 Å². The summed E-state index contributed by atoms with van der Waals surface area (Å²) in [5.74, 6) is 0. The zero-order valence-corrected chi connectivity index (χ0v) is 11.5. The first-order chi connectivity index (χ1) is 8.19. The maximum absolute atomic E-state index is 9.70. The van der Waals surface area contributed by atoms with Gasteiger partial charge in [-0.1, -0.05) is 30.8 Å². The standard InChI is InChI=1S/C13H15NOS2/c1-3-12(15)10-4-6-11(7-5-10)17-13-14-9(2)8-16-13/h4-8,12,15H,3H2,1-2H3. The molecule has 0 saturated heterocycles. The van der Waals surface area contributed by atoms with Gasteiger partial charge in [-0.05, 0) is 31.0 Å². The van der Waals surface area contributed by atoms with Crippen LogP contribution in [0.5, 0.6) is 0 Å². The Morgan fingerprint density at radius 1 is 1.35 bits per heavy atom. The van der Waals surface area contributed by atoms with Gasteiger partial charge in [0.05, 0.1) is 6.10 Å². The molecule has 2 rings (SSSR count). The van der Waals surface area contributed by atoms with Crippen LogP contribution in [0.2, 0.25) is 0 Å². The van der Waals surface area contributed by atoms with E-state index in [1.807, 2.05) is 38.1 Å². The molecule has 0 aliphatic rings. The van der Waals surface area contributed by atoms with E-state index in [1.165, 1.54) is 0 Å². The fraction of sp³-hybridized carbons (Fsp3) is 0.308. The second kappa shape index (κ2) is 5.67. The highest BCUT2D eigenvalue weighted by Crippen LogP contribution is 2.31. The van der Waals surface area contributed by atoms with Crippen LogP contribution in [0.4, 0.5) is 0 Å². The average Bonchev–Trinajstić information content (AvgIpc) is 2.75. The molecule has 0 radical (unpaired) electrons. The molecule has 1 unspecified atom stereocenters. The van der Waals surface area contributed by atoms with Crippen molar-refractivity contribution in [3.63, 3.8) is 0 Å². The smallest absolute Gasteiger partial charge is 0.154 e. The maximum Gasteiger partial charge on any atom is 0.154 e. The van der Waals surface area contributed by atoms with E-state index in [1.54, 1.807) is 23.1 Å². The Bertz CT molecular complexity index is 478. The number of aliphatic hydroxyl groups excluding tert-OH is 1. The Morgan fingerprint density at radius 2 is 2.06 bits per heavy atom. The minimum Gasteiger partial charge on any atom is -0.388 e. The number of rotatable bonds is 4. The molecular formula is C13H15NOS2. The lowest BCUT2D eigenvalue weighted by Crippen LogP contribution is -1.93. The predicted molar refractivity (Wildman–Crippen MR) is 72.7 cm³/mol. The number of thiazole rings is 1. The van der Waals surface area contributed by atoms with Gasteiger partial charge in [0.15, 0.2) is 4.34 Å². The zero-order valence-electron chi connectivity index (χ0n) is 9.88. The first-order valence-electron chi connectivity index (χ1n) is 5.57. The Morgan fingerprint density at radius 3 is 2.59 bits per heavy atom. The summed E-state index contributed by atoms with van der Waals surface area (Å²) in [4.78, 5) is 5.57. The van der Waals surface area contributed by atoms with Gasteiger partial charge in [0.2, 0.25) is 0 Å². The molecule has 17 heavy (non-hydrogen) atoms. The quantitative estimate of drug-likeness (QED) is 0.905. The highest BCUT2D eigenvalue weighted by molar-refractivity contribution is 8.01. The fourth-order valence-corrected chi connectivity index (χ4v) is 3.28. The summed E-state index contributed by atoms with van der Waals surface area (Å²) < 4.78 is 1.06. The second-order valence-corrected chi connectivity index (χ2v) is 6.03. The Balaban J connectivity index is 2.08. The molecule has 0 fully saturated rings. The van der Waals surface area contributed by atoms with Crippen LogP contribution in [0.25, 0.3) is 0 Å². The Labute approximate surface area is 110 Å². The monoisotopic (exact) mass is 265 g/mol. The van der Waals surface area contributed by atoms with Crippen LogP contribution >= 0.6 is 23.1 Å². The number of benzene rings is 1. The fourth-order valence-electron chi connectivity index (χ4n) is 1.47. The highest BCUT2D eigenvalue weighted by Gasteiger charge is 2.05. The molecule has 1 aromatic heterocycles. The molecule has 0 amide bonds. The molecule has 1 N–H and O–H groups in total. The van der Waals surface area contributed by atoms with Gasteiger partial charge in [-0.25, -0.2) is 4.98 Å². The van der Waals surface area contributed by atoms with E-state index in [2.05, 4.69) is 10.4 Å². The zero-order chi connectivity index (χ0) is 12.3. The van der Waals surface area contributed by atoms with Crippen LogP contribution in [-0.2, 0) is 0 Å². The number of hydrogen-bond acceptors (Lipinski definition) is 4. The molecule has 1 heterocycles. The lowest BCUT2D eigenvalue weighted by Gasteiger charge is -2.08. The average molecular weight is 265 g/mol. The molecule has 0 aliphatic carbocycles. The van der Waals surface area contributed by atoms with Crippen molar-refractivity contribution >= 4 is 23.1 Å². The minimum atomic E-state index is -0.351. The van der Waals surface area contributed by atoms with E-state index in [0.29, 0.717) is 0 Å². The first-order valence-corrected chi connectivity index (χ1v) is 7.26. The molecule has 4 heteroatoms. The third-order valence-corrected chi connectivity index (χ3v) is 4.52. The Hall–Kier alpha value is -0.840. The number of nitrogens with zero attached hydrogens (tertiary/aromatic N) is 1. The van der Waals surface area contributed by atoms with Crippen LogP contribution in [0.1, 0.15) is 30.7 Å². The molecule has 1 aromatic carbocycles. The molecule has 0 bridgehead atoms.